The van der Waals surface area contributed by atoms with E-state index in [-0.39, 0.29) is 45.2 Å². The number of rotatable bonds is 15. The first-order valence-electron chi connectivity index (χ1n) is 12.8. The lowest BCUT2D eigenvalue weighted by Crippen LogP contribution is -2.41. The molecule has 0 unspecified atom stereocenters. The topological polar surface area (TPSA) is 176 Å². The van der Waals surface area contributed by atoms with E-state index in [1.807, 2.05) is 47.2 Å². The third kappa shape index (κ3) is 10.8. The molecule has 0 spiro atoms. The number of carbonyl (C=O) groups is 3. The van der Waals surface area contributed by atoms with Crippen LogP contribution in [0.5, 0.6) is 0 Å². The van der Waals surface area contributed by atoms with Crippen LogP contribution in [0.4, 0.5) is 10.6 Å². The third-order valence-electron chi connectivity index (χ3n) is 6.10. The smallest absolute Gasteiger partial charge is 0.410 e. The summed E-state index contributed by atoms with van der Waals surface area (Å²) in [6.45, 7) is 0.689. The van der Waals surface area contributed by atoms with Crippen LogP contribution in [0.2, 0.25) is 0 Å². The Morgan fingerprint density at radius 3 is 2.58 bits per heavy atom. The Morgan fingerprint density at radius 1 is 1.15 bits per heavy atom. The summed E-state index contributed by atoms with van der Waals surface area (Å²) < 4.78 is 36.0. The number of ether oxygens (including phenoxy) is 2. The van der Waals surface area contributed by atoms with Gasteiger partial charge in [0.05, 0.1) is 24.9 Å². The highest BCUT2D eigenvalue weighted by molar-refractivity contribution is 7.88. The SMILES string of the molecule is CS(=O)(=O)N[C@@H](CCCNC(=O)CO[C@@H]1C[C@@H](CNc2ccccn2)N(C(=O)OCc2ccccc2)C1)C(=O)O. The average Bonchev–Trinajstić information content (AvgIpc) is 3.34. The summed E-state index contributed by atoms with van der Waals surface area (Å²) in [5.41, 5.74) is 0.865. The molecule has 0 saturated carbocycles. The molecule has 13 nitrogen and oxygen atoms in total. The van der Waals surface area contributed by atoms with Gasteiger partial charge in [0.15, 0.2) is 0 Å². The highest BCUT2D eigenvalue weighted by atomic mass is 32.2. The van der Waals surface area contributed by atoms with E-state index in [1.165, 1.54) is 0 Å². The van der Waals surface area contributed by atoms with Gasteiger partial charge in [-0.05, 0) is 37.0 Å². The Balaban J connectivity index is 1.47. The second kappa shape index (κ2) is 15.1. The summed E-state index contributed by atoms with van der Waals surface area (Å²) in [5, 5.41) is 15.0. The standard InChI is InChI=1S/C26H35N5O8S/c1-40(36,37)30-22(25(33)34)10-7-13-28-24(32)18-38-21-14-20(15-29-23-11-5-6-12-27-23)31(16-21)26(35)39-17-19-8-3-2-4-9-19/h2-6,8-9,11-12,20-22,30H,7,10,13-18H2,1H3,(H,27,29)(H,28,32)(H,33,34)/t20-,21+,22-/m0/s1. The molecule has 0 radical (unpaired) electrons. The number of pyridine rings is 1. The summed E-state index contributed by atoms with van der Waals surface area (Å²) in [4.78, 5) is 42.3. The molecule has 1 aliphatic rings. The number of likely N-dealkylation sites (tertiary alicyclic amines) is 1. The van der Waals surface area contributed by atoms with Gasteiger partial charge in [-0.25, -0.2) is 22.9 Å². The van der Waals surface area contributed by atoms with Crippen LogP contribution in [0.15, 0.2) is 54.7 Å². The number of carbonyl (C=O) groups excluding carboxylic acids is 2. The number of aromatic nitrogens is 1. The zero-order valence-corrected chi connectivity index (χ0v) is 23.0. The van der Waals surface area contributed by atoms with Gasteiger partial charge >= 0.3 is 12.1 Å². The fourth-order valence-corrected chi connectivity index (χ4v) is 4.91. The molecule has 1 aliphatic heterocycles. The maximum atomic E-state index is 12.9. The zero-order chi connectivity index (χ0) is 29.0. The lowest BCUT2D eigenvalue weighted by molar-refractivity contribution is -0.139. The van der Waals surface area contributed by atoms with Crippen molar-refractivity contribution in [2.75, 3.05) is 37.8 Å². The highest BCUT2D eigenvalue weighted by Crippen LogP contribution is 2.22. The second-order valence-corrected chi connectivity index (χ2v) is 11.2. The monoisotopic (exact) mass is 577 g/mol. The first kappa shape index (κ1) is 30.8. The molecule has 2 heterocycles. The highest BCUT2D eigenvalue weighted by Gasteiger charge is 2.37. The van der Waals surface area contributed by atoms with Gasteiger partial charge in [-0.1, -0.05) is 36.4 Å². The minimum absolute atomic E-state index is 0.0111. The minimum atomic E-state index is -3.68. The molecule has 218 valence electrons. The number of anilines is 1. The number of carboxylic acids is 1. The molecule has 1 saturated heterocycles. The molecule has 0 bridgehead atoms. The molecule has 3 rings (SSSR count). The van der Waals surface area contributed by atoms with Crippen molar-refractivity contribution < 1.29 is 37.4 Å². The van der Waals surface area contributed by atoms with Gasteiger partial charge in [0.25, 0.3) is 0 Å². The van der Waals surface area contributed by atoms with Gasteiger partial charge in [0.2, 0.25) is 15.9 Å². The number of nitrogens with zero attached hydrogens (tertiary/aromatic N) is 2. The van der Waals surface area contributed by atoms with E-state index in [0.717, 1.165) is 11.8 Å². The van der Waals surface area contributed by atoms with E-state index in [1.54, 1.807) is 17.2 Å². The molecular formula is C26H35N5O8S. The molecule has 2 aromatic rings. The molecule has 0 aliphatic carbocycles. The molecule has 14 heteroatoms. The summed E-state index contributed by atoms with van der Waals surface area (Å²) in [7, 11) is -3.68. The maximum absolute atomic E-state index is 12.9. The number of benzene rings is 1. The van der Waals surface area contributed by atoms with Crippen molar-refractivity contribution in [2.45, 2.75) is 44.1 Å². The van der Waals surface area contributed by atoms with E-state index in [4.69, 9.17) is 14.6 Å². The van der Waals surface area contributed by atoms with Crippen molar-refractivity contribution >= 4 is 33.8 Å². The summed E-state index contributed by atoms with van der Waals surface area (Å²) >= 11 is 0. The van der Waals surface area contributed by atoms with Crippen LogP contribution in [-0.4, -0.2) is 92.1 Å². The molecular weight excluding hydrogens is 542 g/mol. The fraction of sp³-hybridized carbons (Fsp3) is 0.462. The van der Waals surface area contributed by atoms with Crippen LogP contribution in [0, 0.1) is 0 Å². The third-order valence-corrected chi connectivity index (χ3v) is 6.81. The van der Waals surface area contributed by atoms with Crippen LogP contribution in [0.25, 0.3) is 0 Å². The molecule has 1 aromatic carbocycles. The van der Waals surface area contributed by atoms with Crippen LogP contribution in [0.3, 0.4) is 0 Å². The Labute approximate surface area is 233 Å². The number of nitrogens with one attached hydrogen (secondary N) is 3. The van der Waals surface area contributed by atoms with Crippen LogP contribution in [-0.2, 0) is 35.7 Å². The normalized spacial score (nSPS) is 17.7. The average molecular weight is 578 g/mol. The summed E-state index contributed by atoms with van der Waals surface area (Å²) in [5.74, 6) is -1.03. The van der Waals surface area contributed by atoms with Gasteiger partial charge in [0.1, 0.15) is 25.1 Å². The first-order chi connectivity index (χ1) is 19.1. The predicted octanol–water partition coefficient (Wildman–Crippen LogP) is 1.19. The quantitative estimate of drug-likeness (QED) is 0.225. The Hall–Kier alpha value is -3.75. The van der Waals surface area contributed by atoms with E-state index in [0.29, 0.717) is 18.8 Å². The van der Waals surface area contributed by atoms with E-state index < -0.39 is 40.1 Å². The second-order valence-electron chi connectivity index (χ2n) is 9.38. The van der Waals surface area contributed by atoms with Gasteiger partial charge < -0.3 is 30.1 Å². The number of hydrogen-bond acceptors (Lipinski definition) is 9. The fourth-order valence-electron chi connectivity index (χ4n) is 4.17. The number of amides is 2. The number of hydrogen-bond donors (Lipinski definition) is 4. The molecule has 1 aromatic heterocycles. The van der Waals surface area contributed by atoms with Gasteiger partial charge in [-0.2, -0.15) is 0 Å². The number of carboxylic acid groups (broad SMARTS) is 1. The Kier molecular flexibility index (Phi) is 11.7. The lowest BCUT2D eigenvalue weighted by atomic mass is 10.2. The number of aliphatic carboxylic acids is 1. The van der Waals surface area contributed by atoms with E-state index in [9.17, 15) is 22.8 Å². The molecule has 3 atom stereocenters. The minimum Gasteiger partial charge on any atom is -0.480 e. The Morgan fingerprint density at radius 2 is 1.90 bits per heavy atom. The molecule has 1 fully saturated rings. The molecule has 40 heavy (non-hydrogen) atoms. The van der Waals surface area contributed by atoms with Crippen LogP contribution in [0.1, 0.15) is 24.8 Å². The van der Waals surface area contributed by atoms with E-state index >= 15 is 0 Å². The maximum Gasteiger partial charge on any atom is 0.410 e. The van der Waals surface area contributed by atoms with Crippen molar-refractivity contribution in [3.05, 3.63) is 60.3 Å². The summed E-state index contributed by atoms with van der Waals surface area (Å²) in [6.07, 6.45) is 2.40. The van der Waals surface area contributed by atoms with Crippen molar-refractivity contribution in [3.8, 4) is 0 Å². The first-order valence-corrected chi connectivity index (χ1v) is 14.7. The van der Waals surface area contributed by atoms with E-state index in [2.05, 4.69) is 15.6 Å². The van der Waals surface area contributed by atoms with Crippen molar-refractivity contribution in [1.82, 2.24) is 19.9 Å². The van der Waals surface area contributed by atoms with Gasteiger partial charge in [0, 0.05) is 19.3 Å². The van der Waals surface area contributed by atoms with Crippen molar-refractivity contribution in [3.63, 3.8) is 0 Å². The van der Waals surface area contributed by atoms with Crippen molar-refractivity contribution in [1.29, 1.82) is 0 Å². The predicted molar refractivity (Wildman–Crippen MR) is 146 cm³/mol. The van der Waals surface area contributed by atoms with Crippen LogP contribution < -0.4 is 15.4 Å². The van der Waals surface area contributed by atoms with Crippen molar-refractivity contribution in [2.24, 2.45) is 0 Å². The van der Waals surface area contributed by atoms with Gasteiger partial charge in [-0.15, -0.1) is 0 Å². The number of sulfonamides is 1. The molecule has 2 amide bonds. The van der Waals surface area contributed by atoms with Crippen LogP contribution >= 0.6 is 0 Å². The van der Waals surface area contributed by atoms with Gasteiger partial charge in [-0.3, -0.25) is 9.59 Å². The Bertz CT molecular complexity index is 1220. The zero-order valence-electron chi connectivity index (χ0n) is 22.2. The molecule has 4 N–H and O–H groups in total. The lowest BCUT2D eigenvalue weighted by Gasteiger charge is -2.24. The summed E-state index contributed by atoms with van der Waals surface area (Å²) in [6, 6.07) is 13.3. The largest absolute Gasteiger partial charge is 0.480 e.